The maximum absolute atomic E-state index is 10.8. The molecular weight excluding hydrogens is 320 g/mol. The average Bonchev–Trinajstić information content (AvgIpc) is 2.63. The molecule has 0 spiro atoms. The highest BCUT2D eigenvalue weighted by molar-refractivity contribution is 5.79. The number of nitro groups is 1. The Hall–Kier alpha value is -3.09. The first-order chi connectivity index (χ1) is 12.1. The van der Waals surface area contributed by atoms with Gasteiger partial charge in [-0.25, -0.2) is 0 Å². The van der Waals surface area contributed by atoms with Crippen molar-refractivity contribution in [2.45, 2.75) is 6.54 Å². The second-order valence-corrected chi connectivity index (χ2v) is 5.41. The topological polar surface area (TPSA) is 80.0 Å². The standard InChI is InChI=1S/C18H22N4O3/c1-19-18(20-14-15-7-6-8-16(13-15)22(23)24)21(2)11-12-25-17-9-4-3-5-10-17/h3-10,13H,11-12,14H2,1-2H3,(H,19,20). The third-order valence-corrected chi connectivity index (χ3v) is 3.58. The van der Waals surface area contributed by atoms with Gasteiger partial charge >= 0.3 is 0 Å². The summed E-state index contributed by atoms with van der Waals surface area (Å²) >= 11 is 0. The van der Waals surface area contributed by atoms with E-state index >= 15 is 0 Å². The zero-order valence-electron chi connectivity index (χ0n) is 14.4. The lowest BCUT2D eigenvalue weighted by molar-refractivity contribution is -0.384. The van der Waals surface area contributed by atoms with Crippen molar-refractivity contribution in [2.24, 2.45) is 4.99 Å². The van der Waals surface area contributed by atoms with E-state index in [2.05, 4.69) is 10.3 Å². The first-order valence-electron chi connectivity index (χ1n) is 7.93. The van der Waals surface area contributed by atoms with Crippen LogP contribution in [0.25, 0.3) is 0 Å². The number of nitrogens with one attached hydrogen (secondary N) is 1. The van der Waals surface area contributed by atoms with Gasteiger partial charge in [-0.2, -0.15) is 0 Å². The van der Waals surface area contributed by atoms with Crippen LogP contribution < -0.4 is 10.1 Å². The van der Waals surface area contributed by atoms with Crippen molar-refractivity contribution in [3.63, 3.8) is 0 Å². The monoisotopic (exact) mass is 342 g/mol. The second kappa shape index (κ2) is 9.27. The number of ether oxygens (including phenoxy) is 1. The molecule has 0 aliphatic carbocycles. The molecular formula is C18H22N4O3. The van der Waals surface area contributed by atoms with Gasteiger partial charge in [0.1, 0.15) is 12.4 Å². The number of nitro benzene ring substituents is 1. The van der Waals surface area contributed by atoms with Crippen molar-refractivity contribution in [2.75, 3.05) is 27.2 Å². The van der Waals surface area contributed by atoms with Gasteiger partial charge < -0.3 is 15.0 Å². The Morgan fingerprint density at radius 3 is 2.68 bits per heavy atom. The average molecular weight is 342 g/mol. The molecule has 0 radical (unpaired) electrons. The Balaban J connectivity index is 1.83. The van der Waals surface area contributed by atoms with E-state index in [1.54, 1.807) is 19.2 Å². The Morgan fingerprint density at radius 2 is 2.00 bits per heavy atom. The number of rotatable bonds is 7. The number of hydrogen-bond acceptors (Lipinski definition) is 4. The fraction of sp³-hybridized carbons (Fsp3) is 0.278. The highest BCUT2D eigenvalue weighted by Crippen LogP contribution is 2.13. The summed E-state index contributed by atoms with van der Waals surface area (Å²) in [5.74, 6) is 1.53. The lowest BCUT2D eigenvalue weighted by Gasteiger charge is -2.22. The number of benzene rings is 2. The van der Waals surface area contributed by atoms with Gasteiger partial charge in [0.15, 0.2) is 5.96 Å². The Morgan fingerprint density at radius 1 is 1.24 bits per heavy atom. The van der Waals surface area contributed by atoms with Crippen molar-refractivity contribution in [1.82, 2.24) is 10.2 Å². The number of non-ortho nitro benzene ring substituents is 1. The molecule has 0 saturated carbocycles. The first-order valence-corrected chi connectivity index (χ1v) is 7.93. The van der Waals surface area contributed by atoms with E-state index in [1.165, 1.54) is 6.07 Å². The van der Waals surface area contributed by atoms with Gasteiger partial charge in [-0.3, -0.25) is 15.1 Å². The third kappa shape index (κ3) is 5.80. The number of hydrogen-bond donors (Lipinski definition) is 1. The van der Waals surface area contributed by atoms with Crippen LogP contribution in [0, 0.1) is 10.1 Å². The van der Waals surface area contributed by atoms with E-state index in [9.17, 15) is 10.1 Å². The van der Waals surface area contributed by atoms with E-state index in [-0.39, 0.29) is 5.69 Å². The van der Waals surface area contributed by atoms with Crippen molar-refractivity contribution in [3.8, 4) is 5.75 Å². The molecule has 0 amide bonds. The summed E-state index contributed by atoms with van der Waals surface area (Å²) in [6.45, 7) is 1.64. The lowest BCUT2D eigenvalue weighted by Crippen LogP contribution is -2.40. The van der Waals surface area contributed by atoms with Crippen LogP contribution in [0.1, 0.15) is 5.56 Å². The maximum Gasteiger partial charge on any atom is 0.269 e. The highest BCUT2D eigenvalue weighted by atomic mass is 16.6. The summed E-state index contributed by atoms with van der Waals surface area (Å²) in [7, 11) is 3.61. The maximum atomic E-state index is 10.8. The molecule has 0 aromatic heterocycles. The predicted octanol–water partition coefficient (Wildman–Crippen LogP) is 2.68. The van der Waals surface area contributed by atoms with Crippen LogP contribution in [-0.2, 0) is 6.54 Å². The second-order valence-electron chi connectivity index (χ2n) is 5.41. The number of aliphatic imine (C=N–C) groups is 1. The Kier molecular flexibility index (Phi) is 6.76. The molecule has 7 nitrogen and oxygen atoms in total. The third-order valence-electron chi connectivity index (χ3n) is 3.58. The van der Waals surface area contributed by atoms with Crippen molar-refractivity contribution in [1.29, 1.82) is 0 Å². The lowest BCUT2D eigenvalue weighted by atomic mass is 10.2. The van der Waals surface area contributed by atoms with E-state index in [0.717, 1.165) is 11.3 Å². The molecule has 0 aliphatic heterocycles. The minimum atomic E-state index is -0.397. The molecule has 0 atom stereocenters. The van der Waals surface area contributed by atoms with Gasteiger partial charge in [-0.1, -0.05) is 30.3 Å². The number of para-hydroxylation sites is 1. The number of likely N-dealkylation sites (N-methyl/N-ethyl adjacent to an activating group) is 1. The summed E-state index contributed by atoms with van der Waals surface area (Å²) in [5.41, 5.74) is 0.906. The van der Waals surface area contributed by atoms with Crippen LogP contribution in [0.5, 0.6) is 5.75 Å². The van der Waals surface area contributed by atoms with Gasteiger partial charge in [0.25, 0.3) is 5.69 Å². The molecule has 7 heteroatoms. The van der Waals surface area contributed by atoms with Gasteiger partial charge in [0.05, 0.1) is 11.5 Å². The zero-order valence-corrected chi connectivity index (χ0v) is 14.4. The van der Waals surface area contributed by atoms with E-state index < -0.39 is 4.92 Å². The van der Waals surface area contributed by atoms with Crippen LogP contribution >= 0.6 is 0 Å². The van der Waals surface area contributed by atoms with Crippen LogP contribution in [0.2, 0.25) is 0 Å². The molecule has 1 N–H and O–H groups in total. The molecule has 2 rings (SSSR count). The fourth-order valence-corrected chi connectivity index (χ4v) is 2.27. The molecule has 25 heavy (non-hydrogen) atoms. The number of nitrogens with zero attached hydrogens (tertiary/aromatic N) is 3. The smallest absolute Gasteiger partial charge is 0.269 e. The highest BCUT2D eigenvalue weighted by Gasteiger charge is 2.08. The van der Waals surface area contributed by atoms with Gasteiger partial charge in [-0.15, -0.1) is 0 Å². The van der Waals surface area contributed by atoms with Gasteiger partial charge in [0.2, 0.25) is 0 Å². The van der Waals surface area contributed by atoms with Crippen molar-refractivity contribution in [3.05, 3.63) is 70.3 Å². The van der Waals surface area contributed by atoms with Crippen molar-refractivity contribution >= 4 is 11.6 Å². The van der Waals surface area contributed by atoms with E-state index in [4.69, 9.17) is 4.74 Å². The van der Waals surface area contributed by atoms with Crippen LogP contribution in [-0.4, -0.2) is 43.0 Å². The first kappa shape index (κ1) is 18.3. The van der Waals surface area contributed by atoms with Crippen LogP contribution in [0.3, 0.4) is 0 Å². The van der Waals surface area contributed by atoms with Crippen LogP contribution in [0.4, 0.5) is 5.69 Å². The molecule has 2 aromatic rings. The normalized spacial score (nSPS) is 11.0. The van der Waals surface area contributed by atoms with Gasteiger partial charge in [0, 0.05) is 32.8 Å². The summed E-state index contributed by atoms with van der Waals surface area (Å²) in [5, 5.41) is 14.0. The largest absolute Gasteiger partial charge is 0.492 e. The summed E-state index contributed by atoms with van der Waals surface area (Å²) < 4.78 is 5.68. The SMILES string of the molecule is CN=C(NCc1cccc([N+](=O)[O-])c1)N(C)CCOc1ccccc1. The Labute approximate surface area is 147 Å². The summed E-state index contributed by atoms with van der Waals surface area (Å²) in [4.78, 5) is 16.6. The van der Waals surface area contributed by atoms with Crippen molar-refractivity contribution < 1.29 is 9.66 Å². The zero-order chi connectivity index (χ0) is 18.1. The molecule has 132 valence electrons. The predicted molar refractivity (Wildman–Crippen MR) is 97.9 cm³/mol. The van der Waals surface area contributed by atoms with Gasteiger partial charge in [-0.05, 0) is 17.7 Å². The minimum Gasteiger partial charge on any atom is -0.492 e. The fourth-order valence-electron chi connectivity index (χ4n) is 2.27. The number of guanidine groups is 1. The quantitative estimate of drug-likeness (QED) is 0.362. The summed E-state index contributed by atoms with van der Waals surface area (Å²) in [6.07, 6.45) is 0. The minimum absolute atomic E-state index is 0.0823. The van der Waals surface area contributed by atoms with Crippen LogP contribution in [0.15, 0.2) is 59.6 Å². The van der Waals surface area contributed by atoms with E-state index in [0.29, 0.717) is 25.7 Å². The molecule has 0 unspecified atom stereocenters. The summed E-state index contributed by atoms with van der Waals surface area (Å²) in [6, 6.07) is 16.2. The Bertz CT molecular complexity index is 719. The molecule has 0 saturated heterocycles. The molecule has 2 aromatic carbocycles. The molecule has 0 fully saturated rings. The van der Waals surface area contributed by atoms with E-state index in [1.807, 2.05) is 48.3 Å². The molecule has 0 bridgehead atoms. The molecule has 0 heterocycles. The molecule has 0 aliphatic rings.